The van der Waals surface area contributed by atoms with Crippen LogP contribution in [0.5, 0.6) is 17.2 Å². The Bertz CT molecular complexity index is 1640. The number of nitrogens with two attached hydrogens (primary N) is 1. The van der Waals surface area contributed by atoms with Gasteiger partial charge in [0.05, 0.1) is 24.1 Å². The standard InChI is InChI=1S/C29H27N7O4/c1-18-12-20(5-6-25(18)40-21-8-9-31-27(13-21)32-16-30)35-29-22-14-24(36-28(38)7-4-19-2-3-19)26(39-11-10-37)15-23(22)33-17-34-29/h5-6,8-9,12-17,19,37H,2-3,10-11H2,1H3,(H,36,38)(H2,30,31,32)(H,33,34,35). The fourth-order valence-electron chi connectivity index (χ4n) is 3.82. The van der Waals surface area contributed by atoms with E-state index in [9.17, 15) is 9.90 Å². The van der Waals surface area contributed by atoms with Crippen molar-refractivity contribution in [2.75, 3.05) is 23.8 Å². The van der Waals surface area contributed by atoms with Crippen LogP contribution >= 0.6 is 0 Å². The van der Waals surface area contributed by atoms with Crippen molar-refractivity contribution in [3.63, 3.8) is 0 Å². The van der Waals surface area contributed by atoms with E-state index in [1.807, 2.05) is 25.1 Å². The highest BCUT2D eigenvalue weighted by molar-refractivity contribution is 6.06. The summed E-state index contributed by atoms with van der Waals surface area (Å²) in [6.07, 6.45) is 6.26. The molecule has 0 bridgehead atoms. The summed E-state index contributed by atoms with van der Waals surface area (Å²) < 4.78 is 11.7. The Morgan fingerprint density at radius 3 is 2.83 bits per heavy atom. The molecule has 5 N–H and O–H groups in total. The van der Waals surface area contributed by atoms with E-state index in [1.165, 1.54) is 12.7 Å². The van der Waals surface area contributed by atoms with E-state index in [4.69, 9.17) is 15.2 Å². The van der Waals surface area contributed by atoms with Gasteiger partial charge in [-0.05, 0) is 61.6 Å². The van der Waals surface area contributed by atoms with E-state index in [0.717, 1.165) is 24.1 Å². The minimum Gasteiger partial charge on any atom is -0.489 e. The van der Waals surface area contributed by atoms with E-state index < -0.39 is 5.91 Å². The molecule has 1 aliphatic rings. The molecule has 4 aromatic rings. The minimum absolute atomic E-state index is 0.0626. The monoisotopic (exact) mass is 537 g/mol. The number of nitrogens with zero attached hydrogens (tertiary/aromatic N) is 4. The van der Waals surface area contributed by atoms with Crippen LogP contribution in [-0.2, 0) is 4.79 Å². The highest BCUT2D eigenvalue weighted by Crippen LogP contribution is 2.35. The number of nitrogens with one attached hydrogen (secondary N) is 2. The average Bonchev–Trinajstić information content (AvgIpc) is 3.78. The number of aromatic nitrogens is 3. The summed E-state index contributed by atoms with van der Waals surface area (Å²) in [6.45, 7) is 1.82. The molecule has 2 heterocycles. The molecule has 1 aliphatic carbocycles. The molecule has 11 nitrogen and oxygen atoms in total. The molecule has 202 valence electrons. The predicted molar refractivity (Wildman–Crippen MR) is 152 cm³/mol. The molecule has 5 rings (SSSR count). The second kappa shape index (κ2) is 12.1. The number of rotatable bonds is 9. The van der Waals surface area contributed by atoms with Gasteiger partial charge in [0, 0.05) is 35.3 Å². The maximum Gasteiger partial charge on any atom is 0.300 e. The number of carbonyl (C=O) groups is 1. The summed E-state index contributed by atoms with van der Waals surface area (Å²) in [5.41, 5.74) is 8.01. The summed E-state index contributed by atoms with van der Waals surface area (Å²) in [7, 11) is 0. The molecule has 0 spiro atoms. The molecule has 0 aliphatic heterocycles. The quantitative estimate of drug-likeness (QED) is 0.139. The van der Waals surface area contributed by atoms with Gasteiger partial charge in [-0.1, -0.05) is 5.92 Å². The highest BCUT2D eigenvalue weighted by Gasteiger charge is 2.19. The molecular weight excluding hydrogens is 510 g/mol. The number of hydrogen-bond donors (Lipinski definition) is 4. The number of aliphatic imine (C=N–C) groups is 1. The zero-order valence-corrected chi connectivity index (χ0v) is 21.7. The molecule has 2 aromatic heterocycles. The maximum atomic E-state index is 12.5. The van der Waals surface area contributed by atoms with Crippen molar-refractivity contribution in [3.8, 4) is 29.1 Å². The van der Waals surface area contributed by atoms with Crippen LogP contribution in [-0.4, -0.2) is 45.5 Å². The third kappa shape index (κ3) is 6.61. The fourth-order valence-corrected chi connectivity index (χ4v) is 3.82. The molecule has 1 amide bonds. The molecule has 11 heteroatoms. The third-order valence-electron chi connectivity index (χ3n) is 5.89. The number of carbonyl (C=O) groups excluding carboxylic acids is 1. The normalized spacial score (nSPS) is 12.6. The molecular formula is C29H27N7O4. The van der Waals surface area contributed by atoms with E-state index in [1.54, 1.807) is 30.5 Å². The van der Waals surface area contributed by atoms with Crippen LogP contribution in [0.1, 0.15) is 18.4 Å². The van der Waals surface area contributed by atoms with Gasteiger partial charge in [0.15, 0.2) is 5.82 Å². The molecule has 0 unspecified atom stereocenters. The van der Waals surface area contributed by atoms with E-state index >= 15 is 0 Å². The third-order valence-corrected chi connectivity index (χ3v) is 5.89. The second-order valence-electron chi connectivity index (χ2n) is 8.99. The number of fused-ring (bicyclic) bond motifs is 1. The number of aliphatic hydroxyl groups is 1. The van der Waals surface area contributed by atoms with Gasteiger partial charge < -0.3 is 30.9 Å². The van der Waals surface area contributed by atoms with Crippen molar-refractivity contribution in [2.24, 2.45) is 16.6 Å². The molecule has 1 fully saturated rings. The number of amides is 1. The number of aliphatic hydroxyl groups excluding tert-OH is 1. The molecule has 1 saturated carbocycles. The van der Waals surface area contributed by atoms with Crippen LogP contribution in [0.25, 0.3) is 10.9 Å². The van der Waals surface area contributed by atoms with Gasteiger partial charge >= 0.3 is 0 Å². The van der Waals surface area contributed by atoms with Crippen LogP contribution < -0.4 is 25.8 Å². The lowest BCUT2D eigenvalue weighted by molar-refractivity contribution is -0.111. The van der Waals surface area contributed by atoms with Crippen molar-refractivity contribution in [2.45, 2.75) is 19.8 Å². The first-order valence-electron chi connectivity index (χ1n) is 12.6. The van der Waals surface area contributed by atoms with Gasteiger partial charge in [-0.15, -0.1) is 0 Å². The fraction of sp³-hybridized carbons (Fsp3) is 0.207. The van der Waals surface area contributed by atoms with Gasteiger partial charge in [-0.25, -0.2) is 19.9 Å². The smallest absolute Gasteiger partial charge is 0.300 e. The molecule has 0 saturated heterocycles. The topological polar surface area (TPSA) is 157 Å². The summed E-state index contributed by atoms with van der Waals surface area (Å²) in [4.78, 5) is 29.3. The van der Waals surface area contributed by atoms with Crippen molar-refractivity contribution in [1.82, 2.24) is 15.0 Å². The molecule has 0 atom stereocenters. The van der Waals surface area contributed by atoms with Crippen molar-refractivity contribution in [1.29, 1.82) is 0 Å². The van der Waals surface area contributed by atoms with Gasteiger partial charge in [0.25, 0.3) is 5.91 Å². The Kier molecular flexibility index (Phi) is 7.99. The van der Waals surface area contributed by atoms with Gasteiger partial charge in [-0.2, -0.15) is 0 Å². The van der Waals surface area contributed by atoms with Crippen molar-refractivity contribution < 1.29 is 19.4 Å². The maximum absolute atomic E-state index is 12.5. The van der Waals surface area contributed by atoms with Crippen LogP contribution in [0.4, 0.5) is 23.0 Å². The van der Waals surface area contributed by atoms with Crippen LogP contribution in [0.2, 0.25) is 0 Å². The summed E-state index contributed by atoms with van der Waals surface area (Å²) in [6, 6.07) is 12.5. The number of benzene rings is 2. The zero-order chi connectivity index (χ0) is 27.9. The first kappa shape index (κ1) is 26.4. The minimum atomic E-state index is -0.436. The first-order valence-corrected chi connectivity index (χ1v) is 12.6. The number of anilines is 3. The number of aryl methyl sites for hydroxylation is 1. The van der Waals surface area contributed by atoms with Gasteiger partial charge in [0.2, 0.25) is 0 Å². The van der Waals surface area contributed by atoms with Crippen LogP contribution in [0.3, 0.4) is 0 Å². The largest absolute Gasteiger partial charge is 0.489 e. The first-order chi connectivity index (χ1) is 19.5. The zero-order valence-electron chi connectivity index (χ0n) is 21.7. The van der Waals surface area contributed by atoms with Crippen LogP contribution in [0, 0.1) is 24.7 Å². The van der Waals surface area contributed by atoms with Crippen LogP contribution in [0.15, 0.2) is 60.0 Å². The van der Waals surface area contributed by atoms with E-state index in [0.29, 0.717) is 51.4 Å². The Balaban J connectivity index is 1.40. The summed E-state index contributed by atoms with van der Waals surface area (Å²) >= 11 is 0. The average molecular weight is 538 g/mol. The second-order valence-corrected chi connectivity index (χ2v) is 8.99. The van der Waals surface area contributed by atoms with E-state index in [-0.39, 0.29) is 13.2 Å². The lowest BCUT2D eigenvalue weighted by atomic mass is 10.1. The Morgan fingerprint density at radius 2 is 2.05 bits per heavy atom. The van der Waals surface area contributed by atoms with Crippen molar-refractivity contribution >= 4 is 46.2 Å². The highest BCUT2D eigenvalue weighted by atomic mass is 16.5. The number of ether oxygens (including phenoxy) is 2. The van der Waals surface area contributed by atoms with Gasteiger partial charge in [-0.3, -0.25) is 4.79 Å². The molecule has 0 radical (unpaired) electrons. The SMILES string of the molecule is Cc1cc(Nc2ncnc3cc(OCCO)c(NC(=O)C#CC4CC4)cc23)ccc1Oc1ccnc(N=CN)c1. The Labute approximate surface area is 230 Å². The summed E-state index contributed by atoms with van der Waals surface area (Å²) in [5.74, 6) is 8.04. The number of hydrogen-bond acceptors (Lipinski definition) is 9. The lowest BCUT2D eigenvalue weighted by Gasteiger charge is -2.15. The molecule has 2 aromatic carbocycles. The predicted octanol–water partition coefficient (Wildman–Crippen LogP) is 4.21. The Hall–Kier alpha value is -5.21. The van der Waals surface area contributed by atoms with Crippen molar-refractivity contribution in [3.05, 3.63) is 60.6 Å². The molecule has 40 heavy (non-hydrogen) atoms. The lowest BCUT2D eigenvalue weighted by Crippen LogP contribution is -2.12. The Morgan fingerprint density at radius 1 is 1.18 bits per heavy atom. The van der Waals surface area contributed by atoms with E-state index in [2.05, 4.69) is 42.4 Å². The summed E-state index contributed by atoms with van der Waals surface area (Å²) in [5, 5.41) is 16.0. The van der Waals surface area contributed by atoms with Gasteiger partial charge in [0.1, 0.15) is 36.0 Å². The number of pyridine rings is 1.